The van der Waals surface area contributed by atoms with Gasteiger partial charge in [0.05, 0.1) is 12.4 Å². The van der Waals surface area contributed by atoms with Crippen molar-refractivity contribution >= 4 is 11.9 Å². The van der Waals surface area contributed by atoms with Gasteiger partial charge in [0.2, 0.25) is 5.91 Å². The fourth-order valence-electron chi connectivity index (χ4n) is 0.767. The number of aliphatic hydroxyl groups excluding tert-OH is 1. The van der Waals surface area contributed by atoms with Gasteiger partial charge in [-0.3, -0.25) is 9.59 Å². The normalized spacial score (nSPS) is 10.9. The van der Waals surface area contributed by atoms with Gasteiger partial charge in [-0.15, -0.1) is 0 Å². The number of allylic oxidation sites excluding steroid dienone is 1. The fraction of sp³-hybridized carbons (Fsp3) is 0.556. The molecule has 1 N–H and O–H groups in total. The Morgan fingerprint density at radius 2 is 2.07 bits per heavy atom. The third-order valence-electron chi connectivity index (χ3n) is 1.38. The van der Waals surface area contributed by atoms with Gasteiger partial charge in [0.25, 0.3) is 0 Å². The minimum Gasteiger partial charge on any atom is -0.512 e. The van der Waals surface area contributed by atoms with E-state index in [1.807, 2.05) is 0 Å². The first-order valence-corrected chi connectivity index (χ1v) is 4.25. The maximum atomic E-state index is 11.2. The summed E-state index contributed by atoms with van der Waals surface area (Å²) in [5.41, 5.74) is 0. The average Bonchev–Trinajstić information content (AvgIpc) is 2.02. The lowest BCUT2D eigenvalue weighted by Crippen LogP contribution is -2.32. The summed E-state index contributed by atoms with van der Waals surface area (Å²) in [6.45, 7) is 3.25. The van der Waals surface area contributed by atoms with Crippen LogP contribution in [0.5, 0.6) is 0 Å². The van der Waals surface area contributed by atoms with Crippen molar-refractivity contribution in [3.8, 4) is 0 Å². The number of likely N-dealkylation sites (N-methyl/N-ethyl adjacent to an activating group) is 1. The lowest BCUT2D eigenvalue weighted by molar-refractivity contribution is -0.147. The third-order valence-corrected chi connectivity index (χ3v) is 1.38. The van der Waals surface area contributed by atoms with Crippen LogP contribution in [-0.4, -0.2) is 42.1 Å². The molecule has 0 aromatic rings. The van der Waals surface area contributed by atoms with E-state index in [4.69, 9.17) is 5.11 Å². The van der Waals surface area contributed by atoms with Gasteiger partial charge in [-0.25, -0.2) is 0 Å². The highest BCUT2D eigenvalue weighted by Gasteiger charge is 2.11. The molecule has 0 aliphatic heterocycles. The summed E-state index contributed by atoms with van der Waals surface area (Å²) in [6.07, 6.45) is 1.04. The van der Waals surface area contributed by atoms with Gasteiger partial charge in [0.1, 0.15) is 6.54 Å². The van der Waals surface area contributed by atoms with E-state index >= 15 is 0 Å². The largest absolute Gasteiger partial charge is 0.512 e. The molecule has 0 bridgehead atoms. The van der Waals surface area contributed by atoms with E-state index < -0.39 is 11.9 Å². The van der Waals surface area contributed by atoms with Gasteiger partial charge >= 0.3 is 5.97 Å². The first-order chi connectivity index (χ1) is 6.47. The molecule has 1 amide bonds. The molecule has 0 atom stereocenters. The van der Waals surface area contributed by atoms with Crippen LogP contribution in [0.15, 0.2) is 11.8 Å². The first-order valence-electron chi connectivity index (χ1n) is 4.25. The van der Waals surface area contributed by atoms with Crippen LogP contribution in [0.2, 0.25) is 0 Å². The van der Waals surface area contributed by atoms with Gasteiger partial charge in [-0.1, -0.05) is 0 Å². The maximum Gasteiger partial charge on any atom is 0.325 e. The molecule has 0 radical (unpaired) electrons. The van der Waals surface area contributed by atoms with Crippen LogP contribution in [0, 0.1) is 0 Å². The van der Waals surface area contributed by atoms with Crippen molar-refractivity contribution in [2.75, 3.05) is 20.2 Å². The Balaban J connectivity index is 4.08. The van der Waals surface area contributed by atoms with Crippen LogP contribution in [0.3, 0.4) is 0 Å². The van der Waals surface area contributed by atoms with E-state index in [-0.39, 0.29) is 18.9 Å². The molecule has 0 fully saturated rings. The van der Waals surface area contributed by atoms with Crippen molar-refractivity contribution < 1.29 is 19.4 Å². The molecule has 5 nitrogen and oxygen atoms in total. The molecule has 0 spiro atoms. The zero-order valence-electron chi connectivity index (χ0n) is 8.61. The number of ether oxygens (including phenoxy) is 1. The predicted molar refractivity (Wildman–Crippen MR) is 50.7 cm³/mol. The fourth-order valence-corrected chi connectivity index (χ4v) is 0.767. The zero-order valence-corrected chi connectivity index (χ0v) is 8.61. The molecule has 14 heavy (non-hydrogen) atoms. The number of carbonyl (C=O) groups excluding carboxylic acids is 2. The first kappa shape index (κ1) is 12.5. The van der Waals surface area contributed by atoms with Crippen molar-refractivity contribution in [1.82, 2.24) is 4.90 Å². The summed E-state index contributed by atoms with van der Waals surface area (Å²) < 4.78 is 4.65. The van der Waals surface area contributed by atoms with Crippen molar-refractivity contribution in [3.63, 3.8) is 0 Å². The minimum atomic E-state index is -0.465. The van der Waals surface area contributed by atoms with Crippen LogP contribution in [-0.2, 0) is 14.3 Å². The number of hydrogen-bond donors (Lipinski definition) is 1. The van der Waals surface area contributed by atoms with Gasteiger partial charge < -0.3 is 14.7 Å². The lowest BCUT2D eigenvalue weighted by atomic mass is 10.4. The van der Waals surface area contributed by atoms with Crippen LogP contribution >= 0.6 is 0 Å². The molecule has 80 valence electrons. The molecule has 0 saturated heterocycles. The number of carbonyl (C=O) groups is 2. The Labute approximate surface area is 83.0 Å². The van der Waals surface area contributed by atoms with E-state index in [9.17, 15) is 9.59 Å². The summed E-state index contributed by atoms with van der Waals surface area (Å²) in [6, 6.07) is 0. The van der Waals surface area contributed by atoms with Gasteiger partial charge in [-0.05, 0) is 13.8 Å². The topological polar surface area (TPSA) is 66.8 Å². The molecule has 0 aliphatic carbocycles. The number of rotatable bonds is 4. The Kier molecular flexibility index (Phi) is 5.36. The molecule has 0 aromatic carbocycles. The van der Waals surface area contributed by atoms with Crippen molar-refractivity contribution in [3.05, 3.63) is 11.8 Å². The van der Waals surface area contributed by atoms with Crippen LogP contribution < -0.4 is 0 Å². The number of hydrogen-bond acceptors (Lipinski definition) is 4. The van der Waals surface area contributed by atoms with E-state index in [2.05, 4.69) is 4.74 Å². The molecular weight excluding hydrogens is 186 g/mol. The monoisotopic (exact) mass is 201 g/mol. The van der Waals surface area contributed by atoms with Crippen LogP contribution in [0.1, 0.15) is 13.8 Å². The highest BCUT2D eigenvalue weighted by Crippen LogP contribution is 1.92. The van der Waals surface area contributed by atoms with Gasteiger partial charge in [0, 0.05) is 13.1 Å². The molecule has 0 aromatic heterocycles. The number of aliphatic hydroxyl groups is 1. The Bertz CT molecular complexity index is 243. The van der Waals surface area contributed by atoms with E-state index in [0.29, 0.717) is 0 Å². The van der Waals surface area contributed by atoms with Crippen molar-refractivity contribution in [2.45, 2.75) is 13.8 Å². The smallest absolute Gasteiger partial charge is 0.325 e. The lowest BCUT2D eigenvalue weighted by Gasteiger charge is -2.13. The molecule has 5 heteroatoms. The SMILES string of the molecule is CCOC(=O)CN(C)C(=O)/C=C(/C)O. The summed E-state index contributed by atoms with van der Waals surface area (Å²) in [7, 11) is 1.46. The second-order valence-electron chi connectivity index (χ2n) is 2.79. The number of esters is 1. The molecule has 0 rings (SSSR count). The number of amides is 1. The minimum absolute atomic E-state index is 0.0919. The van der Waals surface area contributed by atoms with E-state index in [0.717, 1.165) is 11.0 Å². The summed E-state index contributed by atoms with van der Waals surface area (Å²) >= 11 is 0. The van der Waals surface area contributed by atoms with Gasteiger partial charge in [0.15, 0.2) is 0 Å². The Hall–Kier alpha value is -1.52. The van der Waals surface area contributed by atoms with Crippen LogP contribution in [0.25, 0.3) is 0 Å². The van der Waals surface area contributed by atoms with Crippen molar-refractivity contribution in [2.24, 2.45) is 0 Å². The Morgan fingerprint density at radius 1 is 1.50 bits per heavy atom. The van der Waals surface area contributed by atoms with E-state index in [1.54, 1.807) is 6.92 Å². The molecule has 0 unspecified atom stereocenters. The highest BCUT2D eigenvalue weighted by molar-refractivity contribution is 5.90. The number of nitrogens with zero attached hydrogens (tertiary/aromatic N) is 1. The second-order valence-corrected chi connectivity index (χ2v) is 2.79. The standard InChI is InChI=1S/C9H15NO4/c1-4-14-9(13)6-10(3)8(12)5-7(2)11/h5,11H,4,6H2,1-3H3/b7-5-. The Morgan fingerprint density at radius 3 is 2.50 bits per heavy atom. The summed E-state index contributed by atoms with van der Waals surface area (Å²) in [5, 5.41) is 8.81. The predicted octanol–water partition coefficient (Wildman–Crippen LogP) is 0.470. The quantitative estimate of drug-likeness (QED) is 0.408. The molecule has 0 aliphatic rings. The zero-order chi connectivity index (χ0) is 11.1. The van der Waals surface area contributed by atoms with E-state index in [1.165, 1.54) is 14.0 Å². The average molecular weight is 201 g/mol. The molecule has 0 heterocycles. The molecular formula is C9H15NO4. The second kappa shape index (κ2) is 6.01. The summed E-state index contributed by atoms with van der Waals surface area (Å²) in [4.78, 5) is 23.3. The highest BCUT2D eigenvalue weighted by atomic mass is 16.5. The summed E-state index contributed by atoms with van der Waals surface area (Å²) in [5.74, 6) is -0.990. The molecule has 0 saturated carbocycles. The third kappa shape index (κ3) is 5.18. The van der Waals surface area contributed by atoms with Crippen LogP contribution in [0.4, 0.5) is 0 Å². The maximum absolute atomic E-state index is 11.2. The van der Waals surface area contributed by atoms with Crippen molar-refractivity contribution in [1.29, 1.82) is 0 Å². The van der Waals surface area contributed by atoms with Gasteiger partial charge in [-0.2, -0.15) is 0 Å².